The van der Waals surface area contributed by atoms with Crippen molar-refractivity contribution in [2.45, 2.75) is 32.6 Å². The number of nitrogens with zero attached hydrogens (tertiary/aromatic N) is 1. The minimum Gasteiger partial charge on any atom is -0.398 e. The molecule has 1 aromatic rings. The van der Waals surface area contributed by atoms with E-state index in [1.54, 1.807) is 4.90 Å². The summed E-state index contributed by atoms with van der Waals surface area (Å²) < 4.78 is 0. The summed E-state index contributed by atoms with van der Waals surface area (Å²) in [6, 6.07) is 5.63. The van der Waals surface area contributed by atoms with Gasteiger partial charge in [0.1, 0.15) is 0 Å². The molecule has 0 saturated heterocycles. The van der Waals surface area contributed by atoms with Crippen LogP contribution in [0.15, 0.2) is 18.2 Å². The van der Waals surface area contributed by atoms with Gasteiger partial charge in [0, 0.05) is 24.3 Å². The molecule has 2 rings (SSSR count). The third kappa shape index (κ3) is 4.11. The first-order valence-electron chi connectivity index (χ1n) is 7.08. The molecule has 0 fully saturated rings. The molecular weight excluding hydrogens is 290 g/mol. The standard InChI is InChI=1S/C15H21N3O2.ClH/c1-2-5-14(19)17-10-15(20)18-9-4-6-11-12(16)7-3-8-13(11)18;/h3,7-8H,2,4-6,9-10,16H2,1H3,(H,17,19);1H. The van der Waals surface area contributed by atoms with Crippen LogP contribution in [0.25, 0.3) is 0 Å². The zero-order valence-electron chi connectivity index (χ0n) is 12.2. The molecule has 1 aromatic carbocycles. The maximum Gasteiger partial charge on any atom is 0.246 e. The highest BCUT2D eigenvalue weighted by Crippen LogP contribution is 2.31. The van der Waals surface area contributed by atoms with Crippen molar-refractivity contribution >= 4 is 35.6 Å². The molecule has 2 amide bonds. The van der Waals surface area contributed by atoms with Gasteiger partial charge in [-0.3, -0.25) is 9.59 Å². The first kappa shape index (κ1) is 17.3. The highest BCUT2D eigenvalue weighted by atomic mass is 35.5. The Balaban J connectivity index is 0.00000220. The highest BCUT2D eigenvalue weighted by molar-refractivity contribution is 5.98. The number of carbonyl (C=O) groups is 2. The number of nitrogen functional groups attached to an aromatic ring is 1. The first-order valence-corrected chi connectivity index (χ1v) is 7.08. The average Bonchev–Trinajstić information content (AvgIpc) is 2.45. The Morgan fingerprint density at radius 2 is 2.14 bits per heavy atom. The topological polar surface area (TPSA) is 75.4 Å². The van der Waals surface area contributed by atoms with Crippen LogP contribution >= 0.6 is 12.4 Å². The average molecular weight is 312 g/mol. The highest BCUT2D eigenvalue weighted by Gasteiger charge is 2.23. The lowest BCUT2D eigenvalue weighted by Gasteiger charge is -2.30. The van der Waals surface area contributed by atoms with Gasteiger partial charge < -0.3 is 16.0 Å². The lowest BCUT2D eigenvalue weighted by molar-refractivity contribution is -0.125. The van der Waals surface area contributed by atoms with Crippen molar-refractivity contribution in [1.82, 2.24) is 5.32 Å². The minimum atomic E-state index is -0.0824. The number of anilines is 2. The summed E-state index contributed by atoms with van der Waals surface area (Å²) in [5.74, 6) is -0.160. The van der Waals surface area contributed by atoms with Crippen LogP contribution in [0.5, 0.6) is 0 Å². The molecule has 1 aliphatic heterocycles. The Kier molecular flexibility index (Phi) is 6.49. The number of halogens is 1. The van der Waals surface area contributed by atoms with Gasteiger partial charge in [-0.05, 0) is 37.0 Å². The fraction of sp³-hybridized carbons (Fsp3) is 0.467. The summed E-state index contributed by atoms with van der Waals surface area (Å²) in [5, 5.41) is 2.66. The lowest BCUT2D eigenvalue weighted by Crippen LogP contribution is -2.42. The van der Waals surface area contributed by atoms with E-state index in [0.29, 0.717) is 13.0 Å². The number of rotatable bonds is 4. The number of hydrogen-bond donors (Lipinski definition) is 2. The lowest BCUT2D eigenvalue weighted by atomic mass is 10.00. The molecule has 0 unspecified atom stereocenters. The number of nitrogens with one attached hydrogen (secondary N) is 1. The molecule has 0 spiro atoms. The smallest absolute Gasteiger partial charge is 0.246 e. The third-order valence-corrected chi connectivity index (χ3v) is 3.50. The summed E-state index contributed by atoms with van der Waals surface area (Å²) >= 11 is 0. The van der Waals surface area contributed by atoms with E-state index in [2.05, 4.69) is 5.32 Å². The van der Waals surface area contributed by atoms with Crippen LogP contribution in [0.1, 0.15) is 31.7 Å². The summed E-state index contributed by atoms with van der Waals surface area (Å²) in [6.07, 6.45) is 3.03. The van der Waals surface area contributed by atoms with Crippen LogP contribution in [-0.2, 0) is 16.0 Å². The molecule has 0 bridgehead atoms. The molecule has 6 heteroatoms. The molecule has 0 saturated carbocycles. The van der Waals surface area contributed by atoms with E-state index in [-0.39, 0.29) is 30.8 Å². The van der Waals surface area contributed by atoms with Crippen molar-refractivity contribution in [3.63, 3.8) is 0 Å². The van der Waals surface area contributed by atoms with E-state index in [9.17, 15) is 9.59 Å². The minimum absolute atomic E-state index is 0. The number of hydrogen-bond acceptors (Lipinski definition) is 3. The van der Waals surface area contributed by atoms with Crippen molar-refractivity contribution in [2.24, 2.45) is 0 Å². The molecule has 0 aromatic heterocycles. The van der Waals surface area contributed by atoms with E-state index in [0.717, 1.165) is 36.2 Å². The van der Waals surface area contributed by atoms with Gasteiger partial charge in [-0.1, -0.05) is 13.0 Å². The number of benzene rings is 1. The predicted octanol–water partition coefficient (Wildman–Crippen LogP) is 1.89. The first-order chi connectivity index (χ1) is 9.63. The molecule has 0 atom stereocenters. The fourth-order valence-electron chi connectivity index (χ4n) is 2.50. The number of amides is 2. The van der Waals surface area contributed by atoms with E-state index < -0.39 is 0 Å². The van der Waals surface area contributed by atoms with Gasteiger partial charge in [0.25, 0.3) is 0 Å². The van der Waals surface area contributed by atoms with E-state index in [4.69, 9.17) is 5.73 Å². The van der Waals surface area contributed by atoms with Crippen molar-refractivity contribution in [3.8, 4) is 0 Å². The van der Waals surface area contributed by atoms with Crippen molar-refractivity contribution in [1.29, 1.82) is 0 Å². The predicted molar refractivity (Wildman–Crippen MR) is 86.7 cm³/mol. The van der Waals surface area contributed by atoms with Crippen LogP contribution < -0.4 is 16.0 Å². The van der Waals surface area contributed by atoms with Crippen molar-refractivity contribution < 1.29 is 9.59 Å². The molecule has 1 aliphatic rings. The summed E-state index contributed by atoms with van der Waals surface area (Å²) in [4.78, 5) is 25.4. The molecule has 3 N–H and O–H groups in total. The van der Waals surface area contributed by atoms with Crippen LogP contribution in [0.4, 0.5) is 11.4 Å². The zero-order valence-corrected chi connectivity index (χ0v) is 13.0. The van der Waals surface area contributed by atoms with Gasteiger partial charge >= 0.3 is 0 Å². The van der Waals surface area contributed by atoms with Gasteiger partial charge in [0.15, 0.2) is 0 Å². The SMILES string of the molecule is CCCC(=O)NCC(=O)N1CCCc2c(N)cccc21.Cl. The van der Waals surface area contributed by atoms with Gasteiger partial charge in [0.05, 0.1) is 6.54 Å². The second-order valence-electron chi connectivity index (χ2n) is 5.02. The van der Waals surface area contributed by atoms with Gasteiger partial charge in [-0.25, -0.2) is 0 Å². The largest absolute Gasteiger partial charge is 0.398 e. The maximum absolute atomic E-state index is 12.3. The Morgan fingerprint density at radius 3 is 2.86 bits per heavy atom. The molecule has 116 valence electrons. The molecule has 21 heavy (non-hydrogen) atoms. The van der Waals surface area contributed by atoms with Crippen LogP contribution in [-0.4, -0.2) is 24.9 Å². The quantitative estimate of drug-likeness (QED) is 0.834. The van der Waals surface area contributed by atoms with E-state index in [1.165, 1.54) is 0 Å². The third-order valence-electron chi connectivity index (χ3n) is 3.50. The Morgan fingerprint density at radius 1 is 1.38 bits per heavy atom. The number of carbonyl (C=O) groups excluding carboxylic acids is 2. The monoisotopic (exact) mass is 311 g/mol. The number of fused-ring (bicyclic) bond motifs is 1. The Hall–Kier alpha value is -1.75. The van der Waals surface area contributed by atoms with Gasteiger partial charge in [0.2, 0.25) is 11.8 Å². The summed E-state index contributed by atoms with van der Waals surface area (Å²) in [5.41, 5.74) is 8.60. The molecule has 0 radical (unpaired) electrons. The van der Waals surface area contributed by atoms with E-state index in [1.807, 2.05) is 25.1 Å². The maximum atomic E-state index is 12.3. The fourth-order valence-corrected chi connectivity index (χ4v) is 2.50. The Bertz CT molecular complexity index is 520. The van der Waals surface area contributed by atoms with Gasteiger partial charge in [-0.2, -0.15) is 0 Å². The second-order valence-corrected chi connectivity index (χ2v) is 5.02. The van der Waals surface area contributed by atoms with Crippen LogP contribution in [0.2, 0.25) is 0 Å². The van der Waals surface area contributed by atoms with Crippen LogP contribution in [0, 0.1) is 0 Å². The summed E-state index contributed by atoms with van der Waals surface area (Å²) in [6.45, 7) is 2.66. The Labute approximate surface area is 131 Å². The number of nitrogens with two attached hydrogens (primary N) is 1. The van der Waals surface area contributed by atoms with Crippen molar-refractivity contribution in [3.05, 3.63) is 23.8 Å². The molecule has 5 nitrogen and oxygen atoms in total. The zero-order chi connectivity index (χ0) is 14.5. The van der Waals surface area contributed by atoms with Crippen molar-refractivity contribution in [2.75, 3.05) is 23.7 Å². The molecule has 0 aliphatic carbocycles. The molecule has 1 heterocycles. The van der Waals surface area contributed by atoms with E-state index >= 15 is 0 Å². The molecular formula is C15H22ClN3O2. The normalized spacial score (nSPS) is 13.1. The summed E-state index contributed by atoms with van der Waals surface area (Å²) in [7, 11) is 0. The van der Waals surface area contributed by atoms with Crippen LogP contribution in [0.3, 0.4) is 0 Å². The van der Waals surface area contributed by atoms with Gasteiger partial charge in [-0.15, -0.1) is 12.4 Å². The second kappa shape index (κ2) is 7.88.